The van der Waals surface area contributed by atoms with E-state index in [0.29, 0.717) is 11.3 Å². The maximum absolute atomic E-state index is 11.3. The van der Waals surface area contributed by atoms with Crippen molar-refractivity contribution in [3.63, 3.8) is 0 Å². The molecular formula is C14H10ClNO2. The second-order valence-electron chi connectivity index (χ2n) is 4.08. The molecule has 0 aromatic heterocycles. The van der Waals surface area contributed by atoms with Crippen LogP contribution >= 0.6 is 11.6 Å². The average molecular weight is 260 g/mol. The SMILES string of the molecule is O=c1oc2cn(Cc3ccccc3)ccc-2c1Cl. The number of hydrogen-bond donors (Lipinski definition) is 0. The van der Waals surface area contributed by atoms with Gasteiger partial charge in [-0.25, -0.2) is 4.79 Å². The van der Waals surface area contributed by atoms with Gasteiger partial charge < -0.3 is 8.98 Å². The van der Waals surface area contributed by atoms with Crippen LogP contribution in [-0.4, -0.2) is 4.57 Å². The number of nitrogens with zero attached hydrogens (tertiary/aromatic N) is 1. The molecule has 2 heterocycles. The second kappa shape index (κ2) is 4.35. The fourth-order valence-corrected chi connectivity index (χ4v) is 2.12. The highest BCUT2D eigenvalue weighted by molar-refractivity contribution is 6.33. The predicted molar refractivity (Wildman–Crippen MR) is 70.1 cm³/mol. The Morgan fingerprint density at radius 2 is 1.94 bits per heavy atom. The molecule has 0 aliphatic carbocycles. The third-order valence-corrected chi connectivity index (χ3v) is 3.17. The molecule has 0 atom stereocenters. The molecule has 2 aliphatic rings. The molecule has 2 aliphatic heterocycles. The van der Waals surface area contributed by atoms with Crippen molar-refractivity contribution in [1.82, 2.24) is 4.57 Å². The van der Waals surface area contributed by atoms with Crippen LogP contribution in [-0.2, 0) is 6.54 Å². The first-order chi connectivity index (χ1) is 8.74. The Morgan fingerprint density at radius 3 is 2.72 bits per heavy atom. The van der Waals surface area contributed by atoms with Crippen LogP contribution in [0.1, 0.15) is 5.56 Å². The summed E-state index contributed by atoms with van der Waals surface area (Å²) in [4.78, 5) is 11.3. The Kier molecular flexibility index (Phi) is 2.68. The van der Waals surface area contributed by atoms with Gasteiger partial charge in [0.15, 0.2) is 5.76 Å². The zero-order valence-electron chi connectivity index (χ0n) is 9.47. The van der Waals surface area contributed by atoms with E-state index in [9.17, 15) is 4.79 Å². The van der Waals surface area contributed by atoms with Crippen molar-refractivity contribution < 1.29 is 4.42 Å². The standard InChI is InChI=1S/C14H10ClNO2/c15-13-11-6-7-16(9-12(11)18-14(13)17)8-10-4-2-1-3-5-10/h1-7,9H,8H2. The van der Waals surface area contributed by atoms with E-state index in [4.69, 9.17) is 16.0 Å². The van der Waals surface area contributed by atoms with Gasteiger partial charge in [0.25, 0.3) is 0 Å². The van der Waals surface area contributed by atoms with E-state index in [1.54, 1.807) is 12.3 Å². The molecule has 1 aromatic rings. The smallest absolute Gasteiger partial charge is 0.355 e. The van der Waals surface area contributed by atoms with Crippen LogP contribution < -0.4 is 5.63 Å². The number of furan rings is 1. The normalized spacial score (nSPS) is 10.9. The van der Waals surface area contributed by atoms with Gasteiger partial charge in [-0.1, -0.05) is 41.9 Å². The number of pyridine rings is 1. The van der Waals surface area contributed by atoms with E-state index >= 15 is 0 Å². The number of halogens is 1. The predicted octanol–water partition coefficient (Wildman–Crippen LogP) is 3.25. The van der Waals surface area contributed by atoms with E-state index in [0.717, 1.165) is 6.54 Å². The molecule has 4 heteroatoms. The third-order valence-electron chi connectivity index (χ3n) is 2.81. The minimum absolute atomic E-state index is 0.150. The minimum Gasteiger partial charge on any atom is -0.420 e. The molecule has 0 bridgehead atoms. The highest BCUT2D eigenvalue weighted by atomic mass is 35.5. The zero-order valence-corrected chi connectivity index (χ0v) is 10.2. The number of fused-ring (bicyclic) bond motifs is 1. The minimum atomic E-state index is -0.482. The van der Waals surface area contributed by atoms with Crippen LogP contribution in [0.4, 0.5) is 0 Å². The first-order valence-corrected chi connectivity index (χ1v) is 5.94. The third kappa shape index (κ3) is 1.93. The fourth-order valence-electron chi connectivity index (χ4n) is 1.93. The molecule has 0 spiro atoms. The monoisotopic (exact) mass is 259 g/mol. The molecule has 1 aromatic carbocycles. The summed E-state index contributed by atoms with van der Waals surface area (Å²) in [6.45, 7) is 0.725. The maximum atomic E-state index is 11.3. The lowest BCUT2D eigenvalue weighted by Gasteiger charge is -2.08. The summed E-state index contributed by atoms with van der Waals surface area (Å²) in [6.07, 6.45) is 3.67. The van der Waals surface area contributed by atoms with Gasteiger partial charge in [-0.05, 0) is 11.6 Å². The highest BCUT2D eigenvalue weighted by Gasteiger charge is 2.15. The lowest BCUT2D eigenvalue weighted by molar-refractivity contribution is 0.538. The molecule has 0 amide bonds. The van der Waals surface area contributed by atoms with Gasteiger partial charge >= 0.3 is 5.63 Å². The molecule has 0 saturated heterocycles. The van der Waals surface area contributed by atoms with Crippen LogP contribution in [0, 0.1) is 0 Å². The van der Waals surface area contributed by atoms with Gasteiger partial charge in [0.1, 0.15) is 5.02 Å². The Balaban J connectivity index is 2.00. The molecule has 90 valence electrons. The zero-order chi connectivity index (χ0) is 12.5. The molecular weight excluding hydrogens is 250 g/mol. The van der Waals surface area contributed by atoms with Crippen molar-refractivity contribution in [3.8, 4) is 11.3 Å². The van der Waals surface area contributed by atoms with E-state index in [1.165, 1.54) is 5.56 Å². The topological polar surface area (TPSA) is 35.1 Å². The van der Waals surface area contributed by atoms with Gasteiger partial charge in [-0.2, -0.15) is 0 Å². The average Bonchev–Trinajstić information content (AvgIpc) is 2.66. The lowest BCUT2D eigenvalue weighted by atomic mass is 10.2. The largest absolute Gasteiger partial charge is 0.420 e. The Morgan fingerprint density at radius 1 is 1.17 bits per heavy atom. The van der Waals surface area contributed by atoms with E-state index in [2.05, 4.69) is 0 Å². The lowest BCUT2D eigenvalue weighted by Crippen LogP contribution is -1.99. The number of aromatic nitrogens is 1. The first kappa shape index (κ1) is 11.1. The molecule has 0 saturated carbocycles. The molecule has 0 radical (unpaired) electrons. The summed E-state index contributed by atoms with van der Waals surface area (Å²) in [7, 11) is 0. The van der Waals surface area contributed by atoms with Crippen molar-refractivity contribution in [2.24, 2.45) is 0 Å². The van der Waals surface area contributed by atoms with Crippen molar-refractivity contribution in [3.05, 3.63) is 69.8 Å². The quantitative estimate of drug-likeness (QED) is 0.708. The molecule has 18 heavy (non-hydrogen) atoms. The summed E-state index contributed by atoms with van der Waals surface area (Å²) in [6, 6.07) is 11.9. The van der Waals surface area contributed by atoms with Crippen LogP contribution in [0.25, 0.3) is 11.3 Å². The van der Waals surface area contributed by atoms with Gasteiger partial charge in [-0.15, -0.1) is 0 Å². The van der Waals surface area contributed by atoms with Gasteiger partial charge in [0.2, 0.25) is 0 Å². The molecule has 0 unspecified atom stereocenters. The van der Waals surface area contributed by atoms with E-state index in [1.807, 2.05) is 41.1 Å². The molecule has 0 fully saturated rings. The molecule has 0 N–H and O–H groups in total. The van der Waals surface area contributed by atoms with Crippen LogP contribution in [0.3, 0.4) is 0 Å². The van der Waals surface area contributed by atoms with Crippen LogP contribution in [0.2, 0.25) is 5.02 Å². The maximum Gasteiger partial charge on any atom is 0.355 e. The van der Waals surface area contributed by atoms with E-state index < -0.39 is 5.63 Å². The number of hydrogen-bond acceptors (Lipinski definition) is 2. The number of rotatable bonds is 2. The fraction of sp³-hybridized carbons (Fsp3) is 0.0714. The summed E-state index contributed by atoms with van der Waals surface area (Å²) in [5, 5.41) is 0.150. The van der Waals surface area contributed by atoms with Crippen molar-refractivity contribution in [2.45, 2.75) is 6.54 Å². The Hall–Kier alpha value is -2.00. The van der Waals surface area contributed by atoms with Crippen LogP contribution in [0.15, 0.2) is 58.0 Å². The van der Waals surface area contributed by atoms with E-state index in [-0.39, 0.29) is 5.02 Å². The summed E-state index contributed by atoms with van der Waals surface area (Å²) in [5.41, 5.74) is 1.36. The van der Waals surface area contributed by atoms with Gasteiger partial charge in [0, 0.05) is 24.5 Å². The van der Waals surface area contributed by atoms with Gasteiger partial charge in [0.05, 0.1) is 0 Å². The summed E-state index contributed by atoms with van der Waals surface area (Å²) < 4.78 is 7.02. The molecule has 3 rings (SSSR count). The number of benzene rings is 1. The van der Waals surface area contributed by atoms with Crippen molar-refractivity contribution in [2.75, 3.05) is 0 Å². The van der Waals surface area contributed by atoms with Crippen molar-refractivity contribution in [1.29, 1.82) is 0 Å². The van der Waals surface area contributed by atoms with Crippen molar-refractivity contribution >= 4 is 11.6 Å². The summed E-state index contributed by atoms with van der Waals surface area (Å²) in [5.74, 6) is 0.517. The Labute approximate surface area is 109 Å². The Bertz CT molecular complexity index is 700. The second-order valence-corrected chi connectivity index (χ2v) is 4.46. The summed E-state index contributed by atoms with van der Waals surface area (Å²) >= 11 is 5.84. The van der Waals surface area contributed by atoms with Crippen LogP contribution in [0.5, 0.6) is 0 Å². The van der Waals surface area contributed by atoms with Gasteiger partial charge in [-0.3, -0.25) is 0 Å². The molecule has 3 nitrogen and oxygen atoms in total. The first-order valence-electron chi connectivity index (χ1n) is 5.56. The highest BCUT2D eigenvalue weighted by Crippen LogP contribution is 2.27.